The fourth-order valence-electron chi connectivity index (χ4n) is 2.77. The minimum Gasteiger partial charge on any atom is -0.465 e. The molecule has 0 unspecified atom stereocenters. The quantitative estimate of drug-likeness (QED) is 0.620. The molecule has 0 fully saturated rings. The third kappa shape index (κ3) is 5.16. The van der Waals surface area contributed by atoms with E-state index in [2.05, 4.69) is 20.0 Å². The molecule has 0 aliphatic carbocycles. The van der Waals surface area contributed by atoms with Gasteiger partial charge in [0.15, 0.2) is 0 Å². The molecule has 1 aromatic heterocycles. The summed E-state index contributed by atoms with van der Waals surface area (Å²) in [6.45, 7) is 3.01. The summed E-state index contributed by atoms with van der Waals surface area (Å²) in [5.41, 5.74) is 2.51. The van der Waals surface area contributed by atoms with Crippen LogP contribution in [0.2, 0.25) is 0 Å². The molecule has 0 spiro atoms. The first kappa shape index (κ1) is 20.0. The zero-order valence-electron chi connectivity index (χ0n) is 16.3. The summed E-state index contributed by atoms with van der Waals surface area (Å²) in [6, 6.07) is 18.1. The van der Waals surface area contributed by atoms with E-state index in [-0.39, 0.29) is 5.91 Å². The van der Waals surface area contributed by atoms with E-state index in [0.29, 0.717) is 36.0 Å². The molecule has 1 N–H and O–H groups in total. The Morgan fingerprint density at radius 3 is 2.41 bits per heavy atom. The molecule has 148 valence electrons. The first-order valence-corrected chi connectivity index (χ1v) is 9.22. The summed E-state index contributed by atoms with van der Waals surface area (Å²) in [5.74, 6) is -0.265. The zero-order chi connectivity index (χ0) is 20.6. The van der Waals surface area contributed by atoms with Gasteiger partial charge >= 0.3 is 5.97 Å². The van der Waals surface area contributed by atoms with Gasteiger partial charge in [-0.1, -0.05) is 30.3 Å². The molecule has 0 aliphatic rings. The van der Waals surface area contributed by atoms with Crippen LogP contribution in [0.25, 0.3) is 0 Å². The number of methoxy groups -OCH3 is 1. The second-order valence-corrected chi connectivity index (χ2v) is 6.26. The maximum absolute atomic E-state index is 12.9. The van der Waals surface area contributed by atoms with Crippen LogP contribution >= 0.6 is 0 Å². The molecule has 0 bridgehead atoms. The van der Waals surface area contributed by atoms with Gasteiger partial charge in [-0.25, -0.2) is 14.8 Å². The highest BCUT2D eigenvalue weighted by atomic mass is 16.5. The Hall–Kier alpha value is -3.74. The van der Waals surface area contributed by atoms with Gasteiger partial charge in [-0.2, -0.15) is 0 Å². The number of ether oxygens (including phenoxy) is 1. The molecular formula is C22H22N4O3. The van der Waals surface area contributed by atoms with Crippen LogP contribution in [-0.2, 0) is 11.3 Å². The lowest BCUT2D eigenvalue weighted by atomic mass is 10.2. The number of rotatable bonds is 7. The zero-order valence-corrected chi connectivity index (χ0v) is 16.3. The lowest BCUT2D eigenvalue weighted by Gasteiger charge is -2.20. The van der Waals surface area contributed by atoms with E-state index in [1.54, 1.807) is 41.4 Å². The number of benzene rings is 2. The molecular weight excluding hydrogens is 368 g/mol. The number of esters is 1. The van der Waals surface area contributed by atoms with Gasteiger partial charge in [0.25, 0.3) is 5.91 Å². The number of anilines is 2. The van der Waals surface area contributed by atoms with Crippen LogP contribution in [0, 0.1) is 0 Å². The van der Waals surface area contributed by atoms with E-state index in [4.69, 9.17) is 0 Å². The van der Waals surface area contributed by atoms with Gasteiger partial charge < -0.3 is 15.0 Å². The standard InChI is InChI=1S/C22H22N4O3/c1-3-26(15-16-7-5-4-6-8-16)20(27)19-13-14-23-22(25-19)24-18-11-9-17(10-12-18)21(28)29-2/h4-14H,3,15H2,1-2H3,(H,23,24,25). The van der Waals surface area contributed by atoms with E-state index in [1.807, 2.05) is 37.3 Å². The number of carbonyl (C=O) groups is 2. The van der Waals surface area contributed by atoms with Gasteiger partial charge in [-0.05, 0) is 42.8 Å². The van der Waals surface area contributed by atoms with Crippen LogP contribution in [0.4, 0.5) is 11.6 Å². The molecule has 0 saturated carbocycles. The molecule has 7 heteroatoms. The molecule has 0 radical (unpaired) electrons. The van der Waals surface area contributed by atoms with Crippen molar-refractivity contribution < 1.29 is 14.3 Å². The molecule has 7 nitrogen and oxygen atoms in total. The number of amides is 1. The number of hydrogen-bond acceptors (Lipinski definition) is 6. The van der Waals surface area contributed by atoms with E-state index >= 15 is 0 Å². The number of aromatic nitrogens is 2. The lowest BCUT2D eigenvalue weighted by molar-refractivity contribution is 0.0600. The van der Waals surface area contributed by atoms with E-state index < -0.39 is 5.97 Å². The predicted octanol–water partition coefficient (Wildman–Crippen LogP) is 3.67. The van der Waals surface area contributed by atoms with Gasteiger partial charge in [-0.3, -0.25) is 4.79 Å². The van der Waals surface area contributed by atoms with Crippen molar-refractivity contribution in [1.82, 2.24) is 14.9 Å². The summed E-state index contributed by atoms with van der Waals surface area (Å²) in [5, 5.41) is 3.04. The Morgan fingerprint density at radius 2 is 1.76 bits per heavy atom. The van der Waals surface area contributed by atoms with Crippen LogP contribution in [0.5, 0.6) is 0 Å². The van der Waals surface area contributed by atoms with Crippen LogP contribution in [0.15, 0.2) is 66.9 Å². The molecule has 0 saturated heterocycles. The summed E-state index contributed by atoms with van der Waals surface area (Å²) >= 11 is 0. The monoisotopic (exact) mass is 390 g/mol. The van der Waals surface area contributed by atoms with Crippen LogP contribution in [0.1, 0.15) is 33.3 Å². The molecule has 1 amide bonds. The van der Waals surface area contributed by atoms with E-state index in [9.17, 15) is 9.59 Å². The van der Waals surface area contributed by atoms with Crippen molar-refractivity contribution in [2.45, 2.75) is 13.5 Å². The topological polar surface area (TPSA) is 84.4 Å². The Bertz CT molecular complexity index is 975. The van der Waals surface area contributed by atoms with Crippen LogP contribution in [-0.4, -0.2) is 40.4 Å². The molecule has 1 heterocycles. The Kier molecular flexibility index (Phi) is 6.52. The SMILES string of the molecule is CCN(Cc1ccccc1)C(=O)c1ccnc(Nc2ccc(C(=O)OC)cc2)n1. The van der Waals surface area contributed by atoms with Gasteiger partial charge in [-0.15, -0.1) is 0 Å². The normalized spacial score (nSPS) is 10.3. The number of nitrogens with one attached hydrogen (secondary N) is 1. The minimum absolute atomic E-state index is 0.164. The van der Waals surface area contributed by atoms with Crippen LogP contribution < -0.4 is 5.32 Å². The number of nitrogens with zero attached hydrogens (tertiary/aromatic N) is 3. The third-order valence-corrected chi connectivity index (χ3v) is 4.32. The fraction of sp³-hybridized carbons (Fsp3) is 0.182. The fourth-order valence-corrected chi connectivity index (χ4v) is 2.77. The van der Waals surface area contributed by atoms with Gasteiger partial charge in [0, 0.05) is 25.0 Å². The van der Waals surface area contributed by atoms with Crippen molar-refractivity contribution in [1.29, 1.82) is 0 Å². The third-order valence-electron chi connectivity index (χ3n) is 4.32. The second-order valence-electron chi connectivity index (χ2n) is 6.26. The van der Waals surface area contributed by atoms with Crippen molar-refractivity contribution in [2.24, 2.45) is 0 Å². The first-order chi connectivity index (χ1) is 14.1. The lowest BCUT2D eigenvalue weighted by Crippen LogP contribution is -2.31. The molecule has 2 aromatic carbocycles. The Morgan fingerprint density at radius 1 is 1.03 bits per heavy atom. The summed E-state index contributed by atoms with van der Waals surface area (Å²) in [4.78, 5) is 34.7. The highest BCUT2D eigenvalue weighted by molar-refractivity contribution is 5.92. The summed E-state index contributed by atoms with van der Waals surface area (Å²) in [6.07, 6.45) is 1.54. The molecule has 29 heavy (non-hydrogen) atoms. The second kappa shape index (κ2) is 9.45. The van der Waals surface area contributed by atoms with Crippen molar-refractivity contribution in [3.05, 3.63) is 83.7 Å². The van der Waals surface area contributed by atoms with Crippen molar-refractivity contribution in [3.8, 4) is 0 Å². The van der Waals surface area contributed by atoms with E-state index in [0.717, 1.165) is 5.56 Å². The molecule has 0 aliphatic heterocycles. The highest BCUT2D eigenvalue weighted by Gasteiger charge is 2.17. The average molecular weight is 390 g/mol. The minimum atomic E-state index is -0.404. The summed E-state index contributed by atoms with van der Waals surface area (Å²) < 4.78 is 4.69. The van der Waals surface area contributed by atoms with Crippen molar-refractivity contribution in [2.75, 3.05) is 19.0 Å². The number of hydrogen-bond donors (Lipinski definition) is 1. The Balaban J connectivity index is 1.72. The largest absolute Gasteiger partial charge is 0.465 e. The highest BCUT2D eigenvalue weighted by Crippen LogP contribution is 2.15. The van der Waals surface area contributed by atoms with Gasteiger partial charge in [0.1, 0.15) is 5.69 Å². The molecule has 3 aromatic rings. The number of carbonyl (C=O) groups excluding carboxylic acids is 2. The van der Waals surface area contributed by atoms with Gasteiger partial charge in [0.2, 0.25) is 5.95 Å². The maximum atomic E-state index is 12.9. The molecule has 3 rings (SSSR count). The average Bonchev–Trinajstić information content (AvgIpc) is 2.78. The summed E-state index contributed by atoms with van der Waals surface area (Å²) in [7, 11) is 1.34. The van der Waals surface area contributed by atoms with Crippen LogP contribution in [0.3, 0.4) is 0 Å². The van der Waals surface area contributed by atoms with Crippen molar-refractivity contribution in [3.63, 3.8) is 0 Å². The Labute approximate surface area is 169 Å². The van der Waals surface area contributed by atoms with E-state index in [1.165, 1.54) is 7.11 Å². The predicted molar refractivity (Wildman–Crippen MR) is 110 cm³/mol. The molecule has 0 atom stereocenters. The maximum Gasteiger partial charge on any atom is 0.337 e. The van der Waals surface area contributed by atoms with Crippen molar-refractivity contribution >= 4 is 23.5 Å². The first-order valence-electron chi connectivity index (χ1n) is 9.22. The van der Waals surface area contributed by atoms with Gasteiger partial charge in [0.05, 0.1) is 12.7 Å². The smallest absolute Gasteiger partial charge is 0.337 e.